The average Bonchev–Trinajstić information content (AvgIpc) is 2.22. The lowest BCUT2D eigenvalue weighted by atomic mass is 10.1. The molecule has 0 bridgehead atoms. The second-order valence-corrected chi connectivity index (χ2v) is 4.18. The van der Waals surface area contributed by atoms with Gasteiger partial charge in [0.1, 0.15) is 11.9 Å². The van der Waals surface area contributed by atoms with Crippen molar-refractivity contribution in [2.45, 2.75) is 18.9 Å². The molecule has 0 radical (unpaired) electrons. The first-order valence-corrected chi connectivity index (χ1v) is 5.45. The molecule has 15 heavy (non-hydrogen) atoms. The molecule has 1 heterocycles. The molecule has 3 heteroatoms. The molecular formula is C12H18N2O. The number of piperidine rings is 1. The SMILES string of the molecule is CN1CCC[C@@H](Oc2ccccc2N)C1. The molecule has 1 saturated heterocycles. The van der Waals surface area contributed by atoms with E-state index in [1.165, 1.54) is 13.0 Å². The van der Waals surface area contributed by atoms with Gasteiger partial charge in [-0.3, -0.25) is 0 Å². The van der Waals surface area contributed by atoms with Crippen LogP contribution in [0.4, 0.5) is 5.69 Å². The standard InChI is InChI=1S/C12H18N2O/c1-14-8-4-5-10(9-14)15-12-7-3-2-6-11(12)13/h2-3,6-7,10H,4-5,8-9,13H2,1H3/t10-/m1/s1. The number of ether oxygens (including phenoxy) is 1. The molecule has 1 aromatic rings. The first kappa shape index (κ1) is 10.3. The van der Waals surface area contributed by atoms with E-state index in [0.717, 1.165) is 24.4 Å². The molecule has 1 fully saturated rings. The minimum atomic E-state index is 0.286. The number of likely N-dealkylation sites (N-methyl/N-ethyl adjacent to an activating group) is 1. The average molecular weight is 206 g/mol. The zero-order valence-corrected chi connectivity index (χ0v) is 9.15. The largest absolute Gasteiger partial charge is 0.487 e. The minimum Gasteiger partial charge on any atom is -0.487 e. The maximum Gasteiger partial charge on any atom is 0.142 e. The molecule has 1 aromatic carbocycles. The Labute approximate surface area is 90.8 Å². The molecule has 0 aliphatic carbocycles. The van der Waals surface area contributed by atoms with E-state index in [-0.39, 0.29) is 6.10 Å². The number of likely N-dealkylation sites (tertiary alicyclic amines) is 1. The predicted molar refractivity (Wildman–Crippen MR) is 62.0 cm³/mol. The van der Waals surface area contributed by atoms with Gasteiger partial charge < -0.3 is 15.4 Å². The van der Waals surface area contributed by atoms with Crippen molar-refractivity contribution >= 4 is 5.69 Å². The maximum atomic E-state index is 5.89. The first-order chi connectivity index (χ1) is 7.25. The Bertz CT molecular complexity index is 327. The predicted octanol–water partition coefficient (Wildman–Crippen LogP) is 1.74. The number of hydrogen-bond acceptors (Lipinski definition) is 3. The first-order valence-electron chi connectivity index (χ1n) is 5.45. The minimum absolute atomic E-state index is 0.286. The molecule has 0 amide bonds. The van der Waals surface area contributed by atoms with Gasteiger partial charge in [0.2, 0.25) is 0 Å². The second-order valence-electron chi connectivity index (χ2n) is 4.18. The summed E-state index contributed by atoms with van der Waals surface area (Å²) in [5.74, 6) is 0.817. The molecule has 82 valence electrons. The lowest BCUT2D eigenvalue weighted by molar-refractivity contribution is 0.105. The van der Waals surface area contributed by atoms with Gasteiger partial charge in [-0.25, -0.2) is 0 Å². The molecule has 0 spiro atoms. The number of nitrogens with zero attached hydrogens (tertiary/aromatic N) is 1. The third-order valence-electron chi connectivity index (χ3n) is 2.79. The molecule has 0 aromatic heterocycles. The van der Waals surface area contributed by atoms with Crippen molar-refractivity contribution in [2.75, 3.05) is 25.9 Å². The van der Waals surface area contributed by atoms with E-state index in [2.05, 4.69) is 11.9 Å². The molecule has 1 aliphatic heterocycles. The number of rotatable bonds is 2. The van der Waals surface area contributed by atoms with Crippen molar-refractivity contribution in [1.29, 1.82) is 0 Å². The number of benzene rings is 1. The van der Waals surface area contributed by atoms with Crippen LogP contribution in [0.5, 0.6) is 5.75 Å². The highest BCUT2D eigenvalue weighted by Gasteiger charge is 2.18. The van der Waals surface area contributed by atoms with Crippen LogP contribution in [0.3, 0.4) is 0 Å². The van der Waals surface area contributed by atoms with Gasteiger partial charge in [0.05, 0.1) is 5.69 Å². The van der Waals surface area contributed by atoms with E-state index in [1.54, 1.807) is 0 Å². The van der Waals surface area contributed by atoms with Crippen LogP contribution in [0, 0.1) is 0 Å². The van der Waals surface area contributed by atoms with Crippen molar-refractivity contribution in [2.24, 2.45) is 0 Å². The molecule has 3 nitrogen and oxygen atoms in total. The Morgan fingerprint density at radius 1 is 1.40 bits per heavy atom. The number of nitrogens with two attached hydrogens (primary N) is 1. The number of anilines is 1. The van der Waals surface area contributed by atoms with Gasteiger partial charge in [0.25, 0.3) is 0 Å². The third-order valence-corrected chi connectivity index (χ3v) is 2.79. The fraction of sp³-hybridized carbons (Fsp3) is 0.500. The molecule has 1 aliphatic rings. The summed E-state index contributed by atoms with van der Waals surface area (Å²) in [6, 6.07) is 7.69. The van der Waals surface area contributed by atoms with Crippen LogP contribution < -0.4 is 10.5 Å². The zero-order chi connectivity index (χ0) is 10.7. The Morgan fingerprint density at radius 3 is 2.93 bits per heavy atom. The fourth-order valence-corrected chi connectivity index (χ4v) is 1.98. The van der Waals surface area contributed by atoms with Gasteiger partial charge in [-0.2, -0.15) is 0 Å². The molecule has 0 saturated carbocycles. The zero-order valence-electron chi connectivity index (χ0n) is 9.15. The van der Waals surface area contributed by atoms with Gasteiger partial charge in [-0.1, -0.05) is 12.1 Å². The Morgan fingerprint density at radius 2 is 2.20 bits per heavy atom. The summed E-state index contributed by atoms with van der Waals surface area (Å²) in [5, 5.41) is 0. The van der Waals surface area contributed by atoms with E-state index < -0.39 is 0 Å². The van der Waals surface area contributed by atoms with E-state index >= 15 is 0 Å². The summed E-state index contributed by atoms with van der Waals surface area (Å²) in [7, 11) is 2.13. The van der Waals surface area contributed by atoms with Crippen molar-refractivity contribution < 1.29 is 4.74 Å². The summed E-state index contributed by atoms with van der Waals surface area (Å²) < 4.78 is 5.89. The Balaban J connectivity index is 1.99. The van der Waals surface area contributed by atoms with Crippen molar-refractivity contribution in [1.82, 2.24) is 4.90 Å². The third kappa shape index (κ3) is 2.63. The summed E-state index contributed by atoms with van der Waals surface area (Å²) in [6.07, 6.45) is 2.61. The highest BCUT2D eigenvalue weighted by Crippen LogP contribution is 2.23. The summed E-state index contributed by atoms with van der Waals surface area (Å²) in [6.45, 7) is 2.17. The molecular weight excluding hydrogens is 188 g/mol. The van der Waals surface area contributed by atoms with Gasteiger partial charge in [0.15, 0.2) is 0 Å². The summed E-state index contributed by atoms with van der Waals surface area (Å²) >= 11 is 0. The van der Waals surface area contributed by atoms with Gasteiger partial charge in [-0.15, -0.1) is 0 Å². The molecule has 2 rings (SSSR count). The van der Waals surface area contributed by atoms with E-state index in [0.29, 0.717) is 0 Å². The van der Waals surface area contributed by atoms with E-state index in [9.17, 15) is 0 Å². The topological polar surface area (TPSA) is 38.5 Å². The fourth-order valence-electron chi connectivity index (χ4n) is 1.98. The molecule has 2 N–H and O–H groups in total. The van der Waals surface area contributed by atoms with E-state index in [1.807, 2.05) is 24.3 Å². The van der Waals surface area contributed by atoms with Crippen LogP contribution in [-0.4, -0.2) is 31.1 Å². The number of hydrogen-bond donors (Lipinski definition) is 1. The van der Waals surface area contributed by atoms with Crippen LogP contribution in [-0.2, 0) is 0 Å². The number of para-hydroxylation sites is 2. The normalized spacial score (nSPS) is 22.6. The van der Waals surface area contributed by atoms with Crippen molar-refractivity contribution in [3.63, 3.8) is 0 Å². The van der Waals surface area contributed by atoms with Crippen LogP contribution in [0.15, 0.2) is 24.3 Å². The Hall–Kier alpha value is -1.22. The lowest BCUT2D eigenvalue weighted by Crippen LogP contribution is -2.38. The highest BCUT2D eigenvalue weighted by atomic mass is 16.5. The summed E-state index contributed by atoms with van der Waals surface area (Å²) in [5.41, 5.74) is 6.56. The van der Waals surface area contributed by atoms with Crippen LogP contribution in [0.25, 0.3) is 0 Å². The van der Waals surface area contributed by atoms with Gasteiger partial charge in [-0.05, 0) is 38.6 Å². The van der Waals surface area contributed by atoms with Crippen LogP contribution >= 0.6 is 0 Å². The highest BCUT2D eigenvalue weighted by molar-refractivity contribution is 5.51. The molecule has 0 unspecified atom stereocenters. The lowest BCUT2D eigenvalue weighted by Gasteiger charge is -2.30. The van der Waals surface area contributed by atoms with Crippen LogP contribution in [0.1, 0.15) is 12.8 Å². The summed E-state index contributed by atoms with van der Waals surface area (Å²) in [4.78, 5) is 2.30. The van der Waals surface area contributed by atoms with Crippen molar-refractivity contribution in [3.8, 4) is 5.75 Å². The van der Waals surface area contributed by atoms with Crippen molar-refractivity contribution in [3.05, 3.63) is 24.3 Å². The Kier molecular flexibility index (Phi) is 3.11. The van der Waals surface area contributed by atoms with E-state index in [4.69, 9.17) is 10.5 Å². The number of nitrogen functional groups attached to an aromatic ring is 1. The van der Waals surface area contributed by atoms with Crippen LogP contribution in [0.2, 0.25) is 0 Å². The molecule has 1 atom stereocenters. The monoisotopic (exact) mass is 206 g/mol. The van der Waals surface area contributed by atoms with Gasteiger partial charge in [0, 0.05) is 6.54 Å². The quantitative estimate of drug-likeness (QED) is 0.749. The smallest absolute Gasteiger partial charge is 0.142 e. The maximum absolute atomic E-state index is 5.89. The van der Waals surface area contributed by atoms with Gasteiger partial charge >= 0.3 is 0 Å². The second kappa shape index (κ2) is 4.53.